The molecule has 0 aliphatic heterocycles. The Morgan fingerprint density at radius 1 is 1.05 bits per heavy atom. The third-order valence-electron chi connectivity index (χ3n) is 3.68. The van der Waals surface area contributed by atoms with Crippen LogP contribution in [0.15, 0.2) is 48.5 Å². The molecule has 0 saturated carbocycles. The highest BCUT2D eigenvalue weighted by molar-refractivity contribution is 5.74. The molecule has 4 heteroatoms. The lowest BCUT2D eigenvalue weighted by molar-refractivity contribution is 0.574. The molecule has 3 aromatic rings. The zero-order valence-electron chi connectivity index (χ0n) is 12.5. The number of aromatic nitrogens is 3. The molecule has 0 amide bonds. The van der Waals surface area contributed by atoms with E-state index in [-0.39, 0.29) is 0 Å². The number of benzene rings is 2. The predicted octanol–water partition coefficient (Wildman–Crippen LogP) is 3.30. The first-order valence-corrected chi connectivity index (χ1v) is 7.38. The van der Waals surface area contributed by atoms with Crippen LogP contribution in [0.25, 0.3) is 11.0 Å². The highest BCUT2D eigenvalue weighted by Gasteiger charge is 2.06. The van der Waals surface area contributed by atoms with Gasteiger partial charge in [0.15, 0.2) is 0 Å². The Morgan fingerprint density at radius 3 is 2.57 bits per heavy atom. The Morgan fingerprint density at radius 2 is 1.81 bits per heavy atom. The van der Waals surface area contributed by atoms with Crippen LogP contribution in [0, 0.1) is 0 Å². The molecular weight excluding hydrogens is 260 g/mol. The third-order valence-corrected chi connectivity index (χ3v) is 3.68. The Bertz CT molecular complexity index is 718. The molecule has 0 spiro atoms. The quantitative estimate of drug-likeness (QED) is 0.779. The summed E-state index contributed by atoms with van der Waals surface area (Å²) >= 11 is 0. The molecule has 2 aromatic carbocycles. The molecule has 0 fully saturated rings. The fourth-order valence-corrected chi connectivity index (χ4v) is 2.39. The third kappa shape index (κ3) is 3.11. The van der Waals surface area contributed by atoms with Crippen molar-refractivity contribution in [3.05, 3.63) is 59.7 Å². The molecule has 4 nitrogen and oxygen atoms in total. The Hall–Kier alpha value is -2.20. The van der Waals surface area contributed by atoms with Gasteiger partial charge in [0.25, 0.3) is 0 Å². The van der Waals surface area contributed by atoms with E-state index < -0.39 is 0 Å². The van der Waals surface area contributed by atoms with E-state index in [0.717, 1.165) is 24.1 Å². The SMILES string of the molecule is CCn1nc2ccc(CNC(C)c3ccccc3)cc2n1. The van der Waals surface area contributed by atoms with Gasteiger partial charge in [0.1, 0.15) is 11.0 Å². The number of aryl methyl sites for hydroxylation is 1. The van der Waals surface area contributed by atoms with Crippen LogP contribution in [0.2, 0.25) is 0 Å². The van der Waals surface area contributed by atoms with E-state index in [9.17, 15) is 0 Å². The van der Waals surface area contributed by atoms with E-state index in [1.165, 1.54) is 11.1 Å². The van der Waals surface area contributed by atoms with Gasteiger partial charge < -0.3 is 5.32 Å². The minimum absolute atomic E-state index is 0.327. The van der Waals surface area contributed by atoms with Crippen LogP contribution in [0.5, 0.6) is 0 Å². The summed E-state index contributed by atoms with van der Waals surface area (Å²) in [6, 6.07) is 17.1. The second-order valence-corrected chi connectivity index (χ2v) is 5.22. The average molecular weight is 280 g/mol. The van der Waals surface area contributed by atoms with E-state index in [2.05, 4.69) is 58.8 Å². The summed E-state index contributed by atoms with van der Waals surface area (Å²) in [5.41, 5.74) is 4.45. The lowest BCUT2D eigenvalue weighted by Gasteiger charge is -2.14. The molecule has 0 aliphatic rings. The summed E-state index contributed by atoms with van der Waals surface area (Å²) < 4.78 is 0. The standard InChI is InChI=1S/C17H20N4/c1-3-21-19-16-10-9-14(11-17(16)20-21)12-18-13(2)15-7-5-4-6-8-15/h4-11,13,18H,3,12H2,1-2H3. The van der Waals surface area contributed by atoms with Crippen LogP contribution in [0.1, 0.15) is 31.0 Å². The van der Waals surface area contributed by atoms with Crippen LogP contribution in [0.4, 0.5) is 0 Å². The molecule has 0 radical (unpaired) electrons. The van der Waals surface area contributed by atoms with E-state index in [0.29, 0.717) is 6.04 Å². The van der Waals surface area contributed by atoms with Gasteiger partial charge in [-0.1, -0.05) is 36.4 Å². The van der Waals surface area contributed by atoms with Gasteiger partial charge in [-0.25, -0.2) is 0 Å². The van der Waals surface area contributed by atoms with Gasteiger partial charge >= 0.3 is 0 Å². The number of nitrogens with one attached hydrogen (secondary N) is 1. The topological polar surface area (TPSA) is 42.7 Å². The maximum Gasteiger partial charge on any atom is 0.113 e. The molecule has 1 atom stereocenters. The number of hydrogen-bond acceptors (Lipinski definition) is 3. The van der Waals surface area contributed by atoms with Crippen molar-refractivity contribution < 1.29 is 0 Å². The molecule has 1 N–H and O–H groups in total. The molecular formula is C17H20N4. The number of fused-ring (bicyclic) bond motifs is 1. The largest absolute Gasteiger partial charge is 0.306 e. The second kappa shape index (κ2) is 6.06. The maximum absolute atomic E-state index is 4.45. The highest BCUT2D eigenvalue weighted by atomic mass is 15.5. The predicted molar refractivity (Wildman–Crippen MR) is 84.9 cm³/mol. The molecule has 3 rings (SSSR count). The summed E-state index contributed by atoms with van der Waals surface area (Å²) in [4.78, 5) is 1.73. The van der Waals surface area contributed by atoms with Crippen molar-refractivity contribution in [3.8, 4) is 0 Å². The van der Waals surface area contributed by atoms with Crippen LogP contribution < -0.4 is 5.32 Å². The molecule has 1 heterocycles. The van der Waals surface area contributed by atoms with E-state index in [4.69, 9.17) is 0 Å². The van der Waals surface area contributed by atoms with Gasteiger partial charge in [-0.2, -0.15) is 15.0 Å². The van der Waals surface area contributed by atoms with Crippen molar-refractivity contribution in [2.24, 2.45) is 0 Å². The Balaban J connectivity index is 1.70. The summed E-state index contributed by atoms with van der Waals surface area (Å²) in [5, 5.41) is 12.4. The fourth-order valence-electron chi connectivity index (χ4n) is 2.39. The number of rotatable bonds is 5. The molecule has 21 heavy (non-hydrogen) atoms. The molecule has 0 aliphatic carbocycles. The molecule has 1 aromatic heterocycles. The highest BCUT2D eigenvalue weighted by Crippen LogP contribution is 2.15. The molecule has 0 bridgehead atoms. The first kappa shape index (κ1) is 13.8. The second-order valence-electron chi connectivity index (χ2n) is 5.22. The van der Waals surface area contributed by atoms with E-state index in [1.807, 2.05) is 19.1 Å². The lowest BCUT2D eigenvalue weighted by atomic mass is 10.1. The maximum atomic E-state index is 4.45. The van der Waals surface area contributed by atoms with Gasteiger partial charge in [0.05, 0.1) is 6.54 Å². The Labute approximate surface area is 124 Å². The van der Waals surface area contributed by atoms with Gasteiger partial charge in [0, 0.05) is 12.6 Å². The smallest absolute Gasteiger partial charge is 0.113 e. The van der Waals surface area contributed by atoms with Gasteiger partial charge in [-0.15, -0.1) is 0 Å². The van der Waals surface area contributed by atoms with Gasteiger partial charge in [0.2, 0.25) is 0 Å². The first-order chi connectivity index (χ1) is 10.3. The molecule has 0 saturated heterocycles. The minimum Gasteiger partial charge on any atom is -0.306 e. The van der Waals surface area contributed by atoms with Crippen LogP contribution in [-0.4, -0.2) is 15.0 Å². The fraction of sp³-hybridized carbons (Fsp3) is 0.294. The van der Waals surface area contributed by atoms with Crippen molar-refractivity contribution in [2.45, 2.75) is 33.0 Å². The monoisotopic (exact) mass is 280 g/mol. The van der Waals surface area contributed by atoms with Crippen molar-refractivity contribution >= 4 is 11.0 Å². The summed E-state index contributed by atoms with van der Waals surface area (Å²) in [6.07, 6.45) is 0. The van der Waals surface area contributed by atoms with Crippen molar-refractivity contribution in [1.82, 2.24) is 20.3 Å². The van der Waals surface area contributed by atoms with E-state index in [1.54, 1.807) is 4.80 Å². The molecule has 1 unspecified atom stereocenters. The number of nitrogens with zero attached hydrogens (tertiary/aromatic N) is 3. The summed E-state index contributed by atoms with van der Waals surface area (Å²) in [5.74, 6) is 0. The zero-order chi connectivity index (χ0) is 14.7. The average Bonchev–Trinajstić information content (AvgIpc) is 2.95. The number of hydrogen-bond donors (Lipinski definition) is 1. The summed E-state index contributed by atoms with van der Waals surface area (Å²) in [7, 11) is 0. The van der Waals surface area contributed by atoms with Crippen molar-refractivity contribution in [3.63, 3.8) is 0 Å². The van der Waals surface area contributed by atoms with Crippen molar-refractivity contribution in [2.75, 3.05) is 0 Å². The van der Waals surface area contributed by atoms with Crippen LogP contribution in [-0.2, 0) is 13.1 Å². The molecule has 108 valence electrons. The normalized spacial score (nSPS) is 12.7. The van der Waals surface area contributed by atoms with Gasteiger partial charge in [-0.05, 0) is 37.1 Å². The lowest BCUT2D eigenvalue weighted by Crippen LogP contribution is -2.17. The first-order valence-electron chi connectivity index (χ1n) is 7.38. The van der Waals surface area contributed by atoms with Crippen LogP contribution in [0.3, 0.4) is 0 Å². The van der Waals surface area contributed by atoms with Crippen LogP contribution >= 0.6 is 0 Å². The summed E-state index contributed by atoms with van der Waals surface area (Å²) in [6.45, 7) is 5.85. The minimum atomic E-state index is 0.327. The van der Waals surface area contributed by atoms with E-state index >= 15 is 0 Å². The zero-order valence-corrected chi connectivity index (χ0v) is 12.5. The van der Waals surface area contributed by atoms with Crippen molar-refractivity contribution in [1.29, 1.82) is 0 Å². The Kier molecular flexibility index (Phi) is 3.97. The van der Waals surface area contributed by atoms with Gasteiger partial charge in [-0.3, -0.25) is 0 Å².